The summed E-state index contributed by atoms with van der Waals surface area (Å²) in [5, 5.41) is -0.364. The summed E-state index contributed by atoms with van der Waals surface area (Å²) in [4.78, 5) is 19.6. The van der Waals surface area contributed by atoms with Crippen molar-refractivity contribution in [3.05, 3.63) is 51.1 Å². The van der Waals surface area contributed by atoms with Gasteiger partial charge in [-0.2, -0.15) is 0 Å². The first-order valence-electron chi connectivity index (χ1n) is 8.99. The molecule has 0 bridgehead atoms. The summed E-state index contributed by atoms with van der Waals surface area (Å²) in [7, 11) is -4.92. The van der Waals surface area contributed by atoms with Gasteiger partial charge in [0.25, 0.3) is 16.4 Å². The van der Waals surface area contributed by atoms with E-state index >= 15 is 0 Å². The molecule has 7 nitrogen and oxygen atoms in total. The highest BCUT2D eigenvalue weighted by Gasteiger charge is 2.45. The molecule has 1 aromatic heterocycles. The zero-order valence-corrected chi connectivity index (χ0v) is 20.0. The van der Waals surface area contributed by atoms with Crippen molar-refractivity contribution in [3.8, 4) is 0 Å². The van der Waals surface area contributed by atoms with Crippen LogP contribution >= 0.6 is 27.5 Å². The number of esters is 1. The molecular formula is C19H16BrClF3N3O4S. The Balaban J connectivity index is 2.46. The molecule has 0 aliphatic carbocycles. The lowest BCUT2D eigenvalue weighted by Crippen LogP contribution is -2.40. The SMILES string of the molecule is CC(C)(C)C(=O)OC1=C(c2c(F)ccc(Br)c2Cl)S(=O)(=O)N(CC(F)F)c2nccnc21. The van der Waals surface area contributed by atoms with Crippen molar-refractivity contribution in [2.24, 2.45) is 5.41 Å². The maximum Gasteiger partial charge on any atom is 0.316 e. The Labute approximate surface area is 195 Å². The zero-order chi connectivity index (χ0) is 24.0. The zero-order valence-electron chi connectivity index (χ0n) is 16.9. The van der Waals surface area contributed by atoms with Gasteiger partial charge >= 0.3 is 5.97 Å². The molecule has 0 radical (unpaired) electrons. The Bertz CT molecular complexity index is 1230. The average Bonchev–Trinajstić information content (AvgIpc) is 2.69. The van der Waals surface area contributed by atoms with Crippen molar-refractivity contribution in [1.82, 2.24) is 9.97 Å². The maximum absolute atomic E-state index is 14.9. The molecule has 32 heavy (non-hydrogen) atoms. The number of aromatic nitrogens is 2. The molecule has 0 atom stereocenters. The monoisotopic (exact) mass is 553 g/mol. The fourth-order valence-electron chi connectivity index (χ4n) is 2.75. The van der Waals surface area contributed by atoms with Crippen LogP contribution in [-0.2, 0) is 19.6 Å². The van der Waals surface area contributed by atoms with E-state index in [0.29, 0.717) is 4.31 Å². The number of fused-ring (bicyclic) bond motifs is 1. The van der Waals surface area contributed by atoms with Crippen molar-refractivity contribution in [2.75, 3.05) is 10.8 Å². The standard InChI is InChI=1S/C19H16BrClF3N3O4S/c1-19(2,3)18(28)31-15-14-17(26-7-6-25-14)27(8-11(23)24)32(29,30)16(15)12-10(22)5-4-9(20)13(12)21/h4-7,11H,8H2,1-3H3. The molecule has 1 aromatic carbocycles. The fraction of sp³-hybridized carbons (Fsp3) is 0.316. The number of halogens is 5. The number of nitrogens with zero attached hydrogens (tertiary/aromatic N) is 3. The predicted octanol–water partition coefficient (Wildman–Crippen LogP) is 4.86. The van der Waals surface area contributed by atoms with E-state index in [0.717, 1.165) is 18.5 Å². The van der Waals surface area contributed by atoms with E-state index in [1.807, 2.05) is 0 Å². The Morgan fingerprint density at radius 1 is 1.25 bits per heavy atom. The van der Waals surface area contributed by atoms with E-state index < -0.39 is 62.2 Å². The molecule has 172 valence electrons. The van der Waals surface area contributed by atoms with Crippen LogP contribution in [0.1, 0.15) is 32.0 Å². The first-order valence-corrected chi connectivity index (χ1v) is 11.6. The van der Waals surface area contributed by atoms with Crippen LogP contribution < -0.4 is 4.31 Å². The quantitative estimate of drug-likeness (QED) is 0.396. The van der Waals surface area contributed by atoms with Gasteiger partial charge in [0.2, 0.25) is 0 Å². The Morgan fingerprint density at radius 3 is 2.47 bits per heavy atom. The van der Waals surface area contributed by atoms with Crippen LogP contribution in [0.2, 0.25) is 5.02 Å². The van der Waals surface area contributed by atoms with Gasteiger partial charge in [0.15, 0.2) is 17.3 Å². The van der Waals surface area contributed by atoms with E-state index in [9.17, 15) is 26.4 Å². The number of rotatable bonds is 4. The summed E-state index contributed by atoms with van der Waals surface area (Å²) >= 11 is 9.29. The first kappa shape index (κ1) is 24.5. The topological polar surface area (TPSA) is 89.5 Å². The Morgan fingerprint density at radius 2 is 1.88 bits per heavy atom. The molecule has 2 heterocycles. The van der Waals surface area contributed by atoms with E-state index in [4.69, 9.17) is 16.3 Å². The van der Waals surface area contributed by atoms with Crippen molar-refractivity contribution < 1.29 is 31.1 Å². The second-order valence-corrected chi connectivity index (χ2v) is 10.7. The minimum atomic E-state index is -4.92. The summed E-state index contributed by atoms with van der Waals surface area (Å²) in [6, 6.07) is 2.17. The summed E-state index contributed by atoms with van der Waals surface area (Å²) in [6.07, 6.45) is -0.853. The van der Waals surface area contributed by atoms with Crippen LogP contribution in [0, 0.1) is 11.2 Å². The van der Waals surface area contributed by atoms with Gasteiger partial charge in [-0.15, -0.1) is 0 Å². The highest BCUT2D eigenvalue weighted by atomic mass is 79.9. The van der Waals surface area contributed by atoms with Gasteiger partial charge < -0.3 is 4.74 Å². The van der Waals surface area contributed by atoms with Crippen molar-refractivity contribution >= 4 is 60.0 Å². The van der Waals surface area contributed by atoms with Crippen LogP contribution in [-0.4, -0.2) is 37.3 Å². The first-order chi connectivity index (χ1) is 14.8. The normalized spacial score (nSPS) is 15.7. The highest BCUT2D eigenvalue weighted by molar-refractivity contribution is 9.10. The van der Waals surface area contributed by atoms with Crippen LogP contribution in [0.5, 0.6) is 0 Å². The number of ether oxygens (including phenoxy) is 1. The van der Waals surface area contributed by atoms with E-state index in [1.165, 1.54) is 26.8 Å². The predicted molar refractivity (Wildman–Crippen MR) is 116 cm³/mol. The van der Waals surface area contributed by atoms with Gasteiger partial charge in [-0.25, -0.2) is 35.9 Å². The average molecular weight is 555 g/mol. The van der Waals surface area contributed by atoms with E-state index in [-0.39, 0.29) is 15.2 Å². The summed E-state index contributed by atoms with van der Waals surface area (Å²) in [5.41, 5.74) is -2.08. The molecule has 0 amide bonds. The number of hydrogen-bond donors (Lipinski definition) is 0. The number of sulfonamides is 1. The second-order valence-electron chi connectivity index (χ2n) is 7.67. The smallest absolute Gasteiger partial charge is 0.316 e. The summed E-state index contributed by atoms with van der Waals surface area (Å²) in [5.74, 6) is -3.09. The largest absolute Gasteiger partial charge is 0.422 e. The molecule has 13 heteroatoms. The van der Waals surface area contributed by atoms with E-state index in [1.54, 1.807) is 0 Å². The number of alkyl halides is 2. The van der Waals surface area contributed by atoms with Crippen molar-refractivity contribution in [3.63, 3.8) is 0 Å². The minimum absolute atomic E-state index is 0.130. The highest BCUT2D eigenvalue weighted by Crippen LogP contribution is 2.46. The number of carbonyl (C=O) groups excluding carboxylic acids is 1. The maximum atomic E-state index is 14.9. The fourth-order valence-corrected chi connectivity index (χ4v) is 5.11. The molecule has 1 aliphatic rings. The van der Waals surface area contributed by atoms with Gasteiger partial charge in [-0.05, 0) is 48.8 Å². The van der Waals surface area contributed by atoms with Gasteiger partial charge in [0.05, 0.1) is 22.5 Å². The third-order valence-electron chi connectivity index (χ3n) is 4.27. The molecule has 0 spiro atoms. The number of carbonyl (C=O) groups is 1. The lowest BCUT2D eigenvalue weighted by atomic mass is 9.97. The van der Waals surface area contributed by atoms with Gasteiger partial charge in [0.1, 0.15) is 10.7 Å². The van der Waals surface area contributed by atoms with Crippen LogP contribution in [0.3, 0.4) is 0 Å². The molecule has 1 aliphatic heterocycles. The third-order valence-corrected chi connectivity index (χ3v) is 7.36. The lowest BCUT2D eigenvalue weighted by molar-refractivity contribution is -0.145. The molecular weight excluding hydrogens is 539 g/mol. The molecule has 3 rings (SSSR count). The molecule has 0 saturated heterocycles. The molecule has 0 unspecified atom stereocenters. The third kappa shape index (κ3) is 4.35. The van der Waals surface area contributed by atoms with Crippen LogP contribution in [0.4, 0.5) is 19.0 Å². The molecule has 0 N–H and O–H groups in total. The lowest BCUT2D eigenvalue weighted by Gasteiger charge is -2.32. The van der Waals surface area contributed by atoms with Crippen molar-refractivity contribution in [1.29, 1.82) is 0 Å². The van der Waals surface area contributed by atoms with Gasteiger partial charge in [-0.3, -0.25) is 4.79 Å². The second kappa shape index (κ2) is 8.64. The van der Waals surface area contributed by atoms with Crippen LogP contribution in [0.15, 0.2) is 29.0 Å². The molecule has 0 saturated carbocycles. The number of benzene rings is 1. The number of anilines is 1. The minimum Gasteiger partial charge on any atom is -0.422 e. The van der Waals surface area contributed by atoms with Crippen molar-refractivity contribution in [2.45, 2.75) is 27.2 Å². The Kier molecular flexibility index (Phi) is 6.60. The van der Waals surface area contributed by atoms with Gasteiger partial charge in [0, 0.05) is 16.9 Å². The van der Waals surface area contributed by atoms with Gasteiger partial charge in [-0.1, -0.05) is 11.6 Å². The van der Waals surface area contributed by atoms with E-state index in [2.05, 4.69) is 25.9 Å². The molecule has 2 aromatic rings. The van der Waals surface area contributed by atoms with Crippen LogP contribution in [0.25, 0.3) is 10.7 Å². The molecule has 0 fully saturated rings. The Hall–Kier alpha value is -2.18. The number of hydrogen-bond acceptors (Lipinski definition) is 6. The summed E-state index contributed by atoms with van der Waals surface area (Å²) in [6.45, 7) is 3.26. The summed E-state index contributed by atoms with van der Waals surface area (Å²) < 4.78 is 74.4.